The number of nitrogen functional groups attached to an aromatic ring is 1. The molecule has 1 saturated heterocycles. The van der Waals surface area contributed by atoms with Gasteiger partial charge >= 0.3 is 0 Å². The maximum atomic E-state index is 12.1. The lowest BCUT2D eigenvalue weighted by Crippen LogP contribution is -3.14. The molecule has 1 aliphatic rings. The molecule has 4 N–H and O–H groups in total. The van der Waals surface area contributed by atoms with E-state index in [-0.39, 0.29) is 11.8 Å². The monoisotopic (exact) mass is 291 g/mol. The number of piperidine rings is 1. The lowest BCUT2D eigenvalue weighted by atomic mass is 9.97. The number of nitrogens with two attached hydrogens (primary N) is 1. The van der Waals surface area contributed by atoms with Gasteiger partial charge in [-0.15, -0.1) is 0 Å². The number of benzene rings is 1. The number of carboxylic acids is 1. The Kier molecular flexibility index (Phi) is 4.80. The van der Waals surface area contributed by atoms with E-state index in [0.717, 1.165) is 16.2 Å². The summed E-state index contributed by atoms with van der Waals surface area (Å²) in [7, 11) is 0. The highest BCUT2D eigenvalue weighted by Gasteiger charge is 2.24. The largest absolute Gasteiger partial charge is 0.550 e. The van der Waals surface area contributed by atoms with Gasteiger partial charge in [0.15, 0.2) is 6.54 Å². The Morgan fingerprint density at radius 2 is 2.05 bits per heavy atom. The number of hydrogen-bond donors (Lipinski definition) is 3. The van der Waals surface area contributed by atoms with Crippen LogP contribution in [0, 0.1) is 12.8 Å². The Morgan fingerprint density at radius 3 is 2.67 bits per heavy atom. The van der Waals surface area contributed by atoms with Crippen LogP contribution in [0.3, 0.4) is 0 Å². The van der Waals surface area contributed by atoms with Gasteiger partial charge in [-0.05, 0) is 24.6 Å². The molecule has 0 saturated carbocycles. The fraction of sp³-hybridized carbons (Fsp3) is 0.467. The zero-order valence-electron chi connectivity index (χ0n) is 12.1. The second-order valence-corrected chi connectivity index (χ2v) is 5.64. The van der Waals surface area contributed by atoms with Crippen molar-refractivity contribution in [3.63, 3.8) is 0 Å². The molecule has 0 unspecified atom stereocenters. The Labute approximate surface area is 123 Å². The fourth-order valence-electron chi connectivity index (χ4n) is 2.63. The van der Waals surface area contributed by atoms with Gasteiger partial charge in [0.1, 0.15) is 0 Å². The SMILES string of the molecule is Cc1ccc(N)cc1NC(=O)C[NH+]1CCC(C(=O)[O-])CC1. The molecule has 0 aromatic heterocycles. The van der Waals surface area contributed by atoms with Crippen molar-refractivity contribution in [3.8, 4) is 0 Å². The zero-order valence-corrected chi connectivity index (χ0v) is 12.1. The highest BCUT2D eigenvalue weighted by molar-refractivity contribution is 5.92. The van der Waals surface area contributed by atoms with Crippen molar-refractivity contribution in [3.05, 3.63) is 23.8 Å². The highest BCUT2D eigenvalue weighted by Crippen LogP contribution is 2.17. The number of carboxylic acid groups (broad SMARTS) is 1. The number of aliphatic carboxylic acids is 1. The summed E-state index contributed by atoms with van der Waals surface area (Å²) in [5, 5.41) is 13.6. The van der Waals surface area contributed by atoms with Crippen molar-refractivity contribution in [2.75, 3.05) is 30.7 Å². The Morgan fingerprint density at radius 1 is 1.38 bits per heavy atom. The Hall–Kier alpha value is -2.08. The van der Waals surface area contributed by atoms with Gasteiger partial charge in [0, 0.05) is 36.1 Å². The third-order valence-electron chi connectivity index (χ3n) is 3.97. The minimum atomic E-state index is -0.978. The minimum absolute atomic E-state index is 0.0781. The molecule has 6 nitrogen and oxygen atoms in total. The molecule has 0 atom stereocenters. The van der Waals surface area contributed by atoms with Gasteiger partial charge in [-0.25, -0.2) is 0 Å². The molecule has 114 valence electrons. The molecule has 1 amide bonds. The Balaban J connectivity index is 1.85. The molecule has 0 spiro atoms. The van der Waals surface area contributed by atoms with E-state index in [1.165, 1.54) is 0 Å². The summed E-state index contributed by atoms with van der Waals surface area (Å²) in [6.07, 6.45) is 1.14. The van der Waals surface area contributed by atoms with Crippen LogP contribution in [0.25, 0.3) is 0 Å². The number of anilines is 2. The number of hydrogen-bond acceptors (Lipinski definition) is 4. The molecule has 2 rings (SSSR count). The van der Waals surface area contributed by atoms with Crippen molar-refractivity contribution in [2.24, 2.45) is 5.92 Å². The van der Waals surface area contributed by atoms with E-state index in [1.54, 1.807) is 12.1 Å². The van der Waals surface area contributed by atoms with Gasteiger partial charge in [-0.1, -0.05) is 6.07 Å². The molecule has 1 aliphatic heterocycles. The van der Waals surface area contributed by atoms with Crippen LogP contribution < -0.4 is 21.1 Å². The molecule has 6 heteroatoms. The van der Waals surface area contributed by atoms with Crippen molar-refractivity contribution in [2.45, 2.75) is 19.8 Å². The van der Waals surface area contributed by atoms with Crippen LogP contribution in [0.15, 0.2) is 18.2 Å². The van der Waals surface area contributed by atoms with E-state index in [1.807, 2.05) is 13.0 Å². The first-order chi connectivity index (χ1) is 9.95. The van der Waals surface area contributed by atoms with E-state index >= 15 is 0 Å². The van der Waals surface area contributed by atoms with Crippen LogP contribution in [-0.2, 0) is 9.59 Å². The quantitative estimate of drug-likeness (QED) is 0.592. The summed E-state index contributed by atoms with van der Waals surface area (Å²) in [4.78, 5) is 23.9. The van der Waals surface area contributed by atoms with Crippen LogP contribution in [0.1, 0.15) is 18.4 Å². The number of rotatable bonds is 4. The lowest BCUT2D eigenvalue weighted by Gasteiger charge is -2.29. The minimum Gasteiger partial charge on any atom is -0.550 e. The maximum absolute atomic E-state index is 12.1. The maximum Gasteiger partial charge on any atom is 0.279 e. The third-order valence-corrected chi connectivity index (χ3v) is 3.97. The summed E-state index contributed by atoms with van der Waals surface area (Å²) >= 11 is 0. The van der Waals surface area contributed by atoms with Gasteiger partial charge in [0.05, 0.1) is 13.1 Å². The molecule has 0 bridgehead atoms. The van der Waals surface area contributed by atoms with Gasteiger partial charge < -0.3 is 25.9 Å². The van der Waals surface area contributed by atoms with E-state index in [2.05, 4.69) is 5.32 Å². The first-order valence-corrected chi connectivity index (χ1v) is 7.16. The van der Waals surface area contributed by atoms with E-state index < -0.39 is 5.97 Å². The van der Waals surface area contributed by atoms with Crippen molar-refractivity contribution < 1.29 is 19.6 Å². The van der Waals surface area contributed by atoms with E-state index in [4.69, 9.17) is 5.73 Å². The van der Waals surface area contributed by atoms with Crippen molar-refractivity contribution in [1.82, 2.24) is 0 Å². The number of amides is 1. The zero-order chi connectivity index (χ0) is 15.4. The number of quaternary nitrogens is 1. The molecule has 1 heterocycles. The van der Waals surface area contributed by atoms with E-state index in [0.29, 0.717) is 38.2 Å². The summed E-state index contributed by atoms with van der Waals surface area (Å²) in [5.74, 6) is -1.42. The highest BCUT2D eigenvalue weighted by atomic mass is 16.4. The van der Waals surface area contributed by atoms with Crippen molar-refractivity contribution in [1.29, 1.82) is 0 Å². The van der Waals surface area contributed by atoms with Crippen LogP contribution in [-0.4, -0.2) is 31.5 Å². The second-order valence-electron chi connectivity index (χ2n) is 5.64. The van der Waals surface area contributed by atoms with Gasteiger partial charge in [-0.2, -0.15) is 0 Å². The topological polar surface area (TPSA) is 99.7 Å². The molecule has 1 aromatic rings. The van der Waals surface area contributed by atoms with Crippen molar-refractivity contribution >= 4 is 23.3 Å². The standard InChI is InChI=1S/C15H21N3O3/c1-10-2-3-12(16)8-13(10)17-14(19)9-18-6-4-11(5-7-18)15(20)21/h2-3,8,11H,4-7,9,16H2,1H3,(H,17,19)(H,20,21). The molecule has 21 heavy (non-hydrogen) atoms. The first-order valence-electron chi connectivity index (χ1n) is 7.16. The number of carbonyl (C=O) groups excluding carboxylic acids is 2. The van der Waals surface area contributed by atoms with Crippen LogP contribution in [0.2, 0.25) is 0 Å². The number of likely N-dealkylation sites (tertiary alicyclic amines) is 1. The predicted molar refractivity (Wildman–Crippen MR) is 77.5 cm³/mol. The summed E-state index contributed by atoms with van der Waals surface area (Å²) < 4.78 is 0. The van der Waals surface area contributed by atoms with Gasteiger partial charge in [0.2, 0.25) is 0 Å². The number of carbonyl (C=O) groups is 2. The normalized spacial score (nSPS) is 21.8. The van der Waals surface area contributed by atoms with Crippen LogP contribution in [0.4, 0.5) is 11.4 Å². The first kappa shape index (κ1) is 15.3. The average Bonchev–Trinajstić information content (AvgIpc) is 2.43. The van der Waals surface area contributed by atoms with Gasteiger partial charge in [0.25, 0.3) is 5.91 Å². The molecular weight excluding hydrogens is 270 g/mol. The molecule has 1 fully saturated rings. The summed E-state index contributed by atoms with van der Waals surface area (Å²) in [6.45, 7) is 3.62. The third kappa shape index (κ3) is 4.19. The molecular formula is C15H21N3O3. The summed E-state index contributed by atoms with van der Waals surface area (Å²) in [5.41, 5.74) is 8.01. The number of nitrogens with one attached hydrogen (secondary N) is 2. The fourth-order valence-corrected chi connectivity index (χ4v) is 2.63. The summed E-state index contributed by atoms with van der Waals surface area (Å²) in [6, 6.07) is 5.40. The Bertz CT molecular complexity index is 537. The lowest BCUT2D eigenvalue weighted by molar-refractivity contribution is -0.897. The molecule has 1 aromatic carbocycles. The van der Waals surface area contributed by atoms with Crippen LogP contribution >= 0.6 is 0 Å². The second kappa shape index (κ2) is 6.58. The smallest absolute Gasteiger partial charge is 0.279 e. The van der Waals surface area contributed by atoms with Gasteiger partial charge in [-0.3, -0.25) is 4.79 Å². The predicted octanol–water partition coefficient (Wildman–Crippen LogP) is -1.44. The molecule has 0 radical (unpaired) electrons. The number of aryl methyl sites for hydroxylation is 1. The average molecular weight is 291 g/mol. The molecule has 0 aliphatic carbocycles. The van der Waals surface area contributed by atoms with E-state index in [9.17, 15) is 14.7 Å². The van der Waals surface area contributed by atoms with Crippen LogP contribution in [0.5, 0.6) is 0 Å².